The maximum atomic E-state index is 13.2. The zero-order chi connectivity index (χ0) is 21.8. The fraction of sp³-hybridized carbons (Fsp3) is 0.269. The fourth-order valence-corrected chi connectivity index (χ4v) is 4.24. The van der Waals surface area contributed by atoms with Crippen molar-refractivity contribution in [1.29, 1.82) is 0 Å². The normalized spacial score (nSPS) is 14.5. The highest BCUT2D eigenvalue weighted by Crippen LogP contribution is 2.24. The lowest BCUT2D eigenvalue weighted by Gasteiger charge is -2.26. The molecule has 1 N–H and O–H groups in total. The Labute approximate surface area is 187 Å². The standard InChI is InChI=1S/C26H27N5O/c32-26(27-14-17-30-15-8-3-9-16-30)24-18-22(20-10-4-1-5-11-20)28-25-19-23(29-31(24)25)21-12-6-2-7-13-21/h1-2,4-7,10-13,18-19H,3,8-9,14-17H2,(H,27,32). The molecule has 2 aromatic carbocycles. The molecule has 0 atom stereocenters. The van der Waals surface area contributed by atoms with E-state index in [1.165, 1.54) is 19.3 Å². The first-order valence-corrected chi connectivity index (χ1v) is 11.3. The second-order valence-electron chi connectivity index (χ2n) is 8.22. The number of hydrogen-bond donors (Lipinski definition) is 1. The number of aromatic nitrogens is 3. The largest absolute Gasteiger partial charge is 0.349 e. The third-order valence-electron chi connectivity index (χ3n) is 5.96. The van der Waals surface area contributed by atoms with Gasteiger partial charge in [0.25, 0.3) is 5.91 Å². The number of nitrogens with one attached hydrogen (secondary N) is 1. The van der Waals surface area contributed by atoms with Crippen LogP contribution in [0.5, 0.6) is 0 Å². The molecule has 3 heterocycles. The first-order chi connectivity index (χ1) is 15.8. The summed E-state index contributed by atoms with van der Waals surface area (Å²) >= 11 is 0. The Balaban J connectivity index is 1.47. The van der Waals surface area contributed by atoms with E-state index in [-0.39, 0.29) is 5.91 Å². The highest BCUT2D eigenvalue weighted by Gasteiger charge is 2.17. The van der Waals surface area contributed by atoms with Crippen molar-refractivity contribution in [2.45, 2.75) is 19.3 Å². The van der Waals surface area contributed by atoms with E-state index in [1.54, 1.807) is 4.52 Å². The molecule has 0 spiro atoms. The van der Waals surface area contributed by atoms with Gasteiger partial charge >= 0.3 is 0 Å². The van der Waals surface area contributed by atoms with Crippen LogP contribution >= 0.6 is 0 Å². The number of likely N-dealkylation sites (tertiary alicyclic amines) is 1. The highest BCUT2D eigenvalue weighted by atomic mass is 16.2. The van der Waals surface area contributed by atoms with Gasteiger partial charge in [-0.15, -0.1) is 0 Å². The number of hydrogen-bond acceptors (Lipinski definition) is 4. The number of carbonyl (C=O) groups is 1. The molecule has 1 saturated heterocycles. The lowest BCUT2D eigenvalue weighted by Crippen LogP contribution is -2.38. The number of nitrogens with zero attached hydrogens (tertiary/aromatic N) is 4. The third-order valence-corrected chi connectivity index (χ3v) is 5.96. The number of carbonyl (C=O) groups excluding carboxylic acids is 1. The Morgan fingerprint density at radius 2 is 1.50 bits per heavy atom. The number of benzene rings is 2. The maximum absolute atomic E-state index is 13.2. The summed E-state index contributed by atoms with van der Waals surface area (Å²) in [5, 5.41) is 7.82. The van der Waals surface area contributed by atoms with Crippen LogP contribution in [0.1, 0.15) is 29.8 Å². The minimum absolute atomic E-state index is 0.130. The van der Waals surface area contributed by atoms with Gasteiger partial charge in [-0.25, -0.2) is 9.50 Å². The van der Waals surface area contributed by atoms with Gasteiger partial charge in [-0.2, -0.15) is 5.10 Å². The molecular weight excluding hydrogens is 398 g/mol. The van der Waals surface area contributed by atoms with E-state index in [0.717, 1.165) is 42.1 Å². The fourth-order valence-electron chi connectivity index (χ4n) is 4.24. The molecule has 1 fully saturated rings. The Kier molecular flexibility index (Phi) is 5.94. The third kappa shape index (κ3) is 4.41. The quantitative estimate of drug-likeness (QED) is 0.501. The van der Waals surface area contributed by atoms with Crippen molar-refractivity contribution >= 4 is 11.6 Å². The first-order valence-electron chi connectivity index (χ1n) is 11.3. The molecule has 0 radical (unpaired) electrons. The van der Waals surface area contributed by atoms with Crippen molar-refractivity contribution in [1.82, 2.24) is 24.8 Å². The molecule has 32 heavy (non-hydrogen) atoms. The Morgan fingerprint density at radius 1 is 0.844 bits per heavy atom. The van der Waals surface area contributed by atoms with Crippen molar-refractivity contribution in [3.63, 3.8) is 0 Å². The summed E-state index contributed by atoms with van der Waals surface area (Å²) in [5.41, 5.74) is 4.68. The summed E-state index contributed by atoms with van der Waals surface area (Å²) < 4.78 is 1.66. The summed E-state index contributed by atoms with van der Waals surface area (Å²) in [4.78, 5) is 20.4. The molecule has 1 aliphatic rings. The number of rotatable bonds is 6. The summed E-state index contributed by atoms with van der Waals surface area (Å²) in [7, 11) is 0. The van der Waals surface area contributed by atoms with E-state index in [0.29, 0.717) is 17.9 Å². The summed E-state index contributed by atoms with van der Waals surface area (Å²) in [6.07, 6.45) is 3.80. The Morgan fingerprint density at radius 3 is 2.19 bits per heavy atom. The van der Waals surface area contributed by atoms with Crippen LogP contribution in [-0.2, 0) is 0 Å². The van der Waals surface area contributed by atoms with Crippen LogP contribution in [0.4, 0.5) is 0 Å². The van der Waals surface area contributed by atoms with Crippen LogP contribution in [0.15, 0.2) is 72.8 Å². The Bertz CT molecular complexity index is 1200. The van der Waals surface area contributed by atoms with Gasteiger partial charge in [0.2, 0.25) is 0 Å². The van der Waals surface area contributed by atoms with Crippen LogP contribution in [0.25, 0.3) is 28.2 Å². The molecule has 0 bridgehead atoms. The van der Waals surface area contributed by atoms with E-state index in [1.807, 2.05) is 72.8 Å². The molecule has 6 heteroatoms. The minimum Gasteiger partial charge on any atom is -0.349 e. The molecule has 0 aliphatic carbocycles. The number of amides is 1. The van der Waals surface area contributed by atoms with Gasteiger partial charge in [-0.05, 0) is 32.0 Å². The molecular formula is C26H27N5O. The van der Waals surface area contributed by atoms with Crippen LogP contribution in [0, 0.1) is 0 Å². The van der Waals surface area contributed by atoms with Gasteiger partial charge in [0.05, 0.1) is 11.4 Å². The van der Waals surface area contributed by atoms with Crippen molar-refractivity contribution in [2.75, 3.05) is 26.2 Å². The van der Waals surface area contributed by atoms with Crippen molar-refractivity contribution in [3.8, 4) is 22.5 Å². The monoisotopic (exact) mass is 425 g/mol. The average Bonchev–Trinajstić information content (AvgIpc) is 3.29. The predicted molar refractivity (Wildman–Crippen MR) is 126 cm³/mol. The molecule has 1 amide bonds. The topological polar surface area (TPSA) is 62.5 Å². The van der Waals surface area contributed by atoms with Gasteiger partial charge < -0.3 is 10.2 Å². The minimum atomic E-state index is -0.130. The second kappa shape index (κ2) is 9.32. The molecule has 1 aliphatic heterocycles. The molecule has 162 valence electrons. The van der Waals surface area contributed by atoms with E-state index in [4.69, 9.17) is 10.1 Å². The van der Waals surface area contributed by atoms with Gasteiger partial charge in [-0.3, -0.25) is 4.79 Å². The lowest BCUT2D eigenvalue weighted by molar-refractivity contribution is 0.0939. The Hall–Kier alpha value is -3.51. The average molecular weight is 426 g/mol. The lowest BCUT2D eigenvalue weighted by atomic mass is 10.1. The molecule has 4 aromatic rings. The predicted octanol–water partition coefficient (Wildman–Crippen LogP) is 4.28. The number of fused-ring (bicyclic) bond motifs is 1. The van der Waals surface area contributed by atoms with Crippen LogP contribution in [-0.4, -0.2) is 51.6 Å². The SMILES string of the molecule is O=C(NCCN1CCCCC1)c1cc(-c2ccccc2)nc2cc(-c3ccccc3)nn12. The summed E-state index contributed by atoms with van der Waals surface area (Å²) in [5.74, 6) is -0.130. The highest BCUT2D eigenvalue weighted by molar-refractivity contribution is 5.94. The smallest absolute Gasteiger partial charge is 0.270 e. The molecule has 6 nitrogen and oxygen atoms in total. The first kappa shape index (κ1) is 20.4. The number of piperidine rings is 1. The van der Waals surface area contributed by atoms with Crippen molar-refractivity contribution in [2.24, 2.45) is 0 Å². The van der Waals surface area contributed by atoms with E-state index < -0.39 is 0 Å². The van der Waals surface area contributed by atoms with Crippen LogP contribution in [0.2, 0.25) is 0 Å². The zero-order valence-corrected chi connectivity index (χ0v) is 18.1. The van der Waals surface area contributed by atoms with E-state index in [2.05, 4.69) is 10.2 Å². The van der Waals surface area contributed by atoms with Crippen LogP contribution in [0.3, 0.4) is 0 Å². The van der Waals surface area contributed by atoms with Gasteiger partial charge in [0.1, 0.15) is 5.69 Å². The van der Waals surface area contributed by atoms with Crippen LogP contribution < -0.4 is 5.32 Å². The molecule has 2 aromatic heterocycles. The summed E-state index contributed by atoms with van der Waals surface area (Å²) in [6, 6.07) is 23.7. The molecule has 5 rings (SSSR count). The van der Waals surface area contributed by atoms with Gasteiger partial charge in [0.15, 0.2) is 5.65 Å². The van der Waals surface area contributed by atoms with Crippen molar-refractivity contribution in [3.05, 3.63) is 78.5 Å². The molecule has 0 saturated carbocycles. The molecule has 0 unspecified atom stereocenters. The van der Waals surface area contributed by atoms with Crippen molar-refractivity contribution < 1.29 is 4.79 Å². The second-order valence-corrected chi connectivity index (χ2v) is 8.22. The van der Waals surface area contributed by atoms with E-state index in [9.17, 15) is 4.79 Å². The summed E-state index contributed by atoms with van der Waals surface area (Å²) in [6.45, 7) is 3.73. The van der Waals surface area contributed by atoms with Gasteiger partial charge in [-0.1, -0.05) is 67.1 Å². The van der Waals surface area contributed by atoms with Gasteiger partial charge in [0, 0.05) is 30.3 Å². The van der Waals surface area contributed by atoms with E-state index >= 15 is 0 Å². The zero-order valence-electron chi connectivity index (χ0n) is 18.1. The maximum Gasteiger partial charge on any atom is 0.270 e.